The molecule has 0 amide bonds. The second kappa shape index (κ2) is 5.60. The number of aryl methyl sites for hydroxylation is 1. The molecule has 2 aromatic rings. The highest BCUT2D eigenvalue weighted by molar-refractivity contribution is 5.96. The Kier molecular flexibility index (Phi) is 3.89. The van der Waals surface area contributed by atoms with Gasteiger partial charge in [-0.05, 0) is 25.1 Å². The maximum Gasteiger partial charge on any atom is 0.226 e. The van der Waals surface area contributed by atoms with E-state index in [2.05, 4.69) is 10.1 Å². The van der Waals surface area contributed by atoms with E-state index in [1.54, 1.807) is 0 Å². The minimum Gasteiger partial charge on any atom is -0.485 e. The third-order valence-electron chi connectivity index (χ3n) is 2.49. The molecular formula is C13H13FN2O3. The monoisotopic (exact) mass is 264 g/mol. The molecule has 0 atom stereocenters. The van der Waals surface area contributed by atoms with Crippen LogP contribution in [-0.4, -0.2) is 15.9 Å². The van der Waals surface area contributed by atoms with Gasteiger partial charge in [0.05, 0.1) is 5.56 Å². The van der Waals surface area contributed by atoms with Gasteiger partial charge in [-0.3, -0.25) is 4.79 Å². The molecule has 100 valence electrons. The van der Waals surface area contributed by atoms with Crippen LogP contribution in [0, 0.1) is 5.82 Å². The molecular weight excluding hydrogens is 251 g/mol. The van der Waals surface area contributed by atoms with Crippen LogP contribution in [0.1, 0.15) is 35.9 Å². The van der Waals surface area contributed by atoms with Gasteiger partial charge in [0.25, 0.3) is 0 Å². The van der Waals surface area contributed by atoms with Gasteiger partial charge in [0.15, 0.2) is 12.4 Å². The van der Waals surface area contributed by atoms with Crippen molar-refractivity contribution in [3.63, 3.8) is 0 Å². The largest absolute Gasteiger partial charge is 0.485 e. The van der Waals surface area contributed by atoms with Crippen molar-refractivity contribution in [1.29, 1.82) is 0 Å². The van der Waals surface area contributed by atoms with Crippen LogP contribution in [0.2, 0.25) is 0 Å². The van der Waals surface area contributed by atoms with E-state index >= 15 is 0 Å². The standard InChI is InChI=1S/C13H13FN2O3/c1-3-13-15-12(16-19-13)7-18-11-5-4-9(14)6-10(11)8(2)17/h4-6H,3,7H2,1-2H3. The molecule has 6 heteroatoms. The minimum atomic E-state index is -0.481. The SMILES string of the molecule is CCc1nc(COc2ccc(F)cc2C(C)=O)no1. The number of carbonyl (C=O) groups excluding carboxylic acids is 1. The molecule has 1 heterocycles. The second-order valence-corrected chi connectivity index (χ2v) is 3.94. The molecule has 2 rings (SSSR count). The Hall–Kier alpha value is -2.24. The van der Waals surface area contributed by atoms with Crippen LogP contribution in [0.25, 0.3) is 0 Å². The van der Waals surface area contributed by atoms with E-state index < -0.39 is 5.82 Å². The number of hydrogen-bond donors (Lipinski definition) is 0. The Labute approximate surface area is 109 Å². The van der Waals surface area contributed by atoms with E-state index in [9.17, 15) is 9.18 Å². The van der Waals surface area contributed by atoms with Crippen molar-refractivity contribution in [3.05, 3.63) is 41.3 Å². The first kappa shape index (κ1) is 13.2. The summed E-state index contributed by atoms with van der Waals surface area (Å²) in [6.07, 6.45) is 0.641. The zero-order valence-electron chi connectivity index (χ0n) is 10.6. The van der Waals surface area contributed by atoms with E-state index in [1.807, 2.05) is 6.92 Å². The molecule has 0 aliphatic heterocycles. The Morgan fingerprint density at radius 3 is 2.89 bits per heavy atom. The maximum absolute atomic E-state index is 13.1. The number of Topliss-reactive ketones (excluding diaryl/α,β-unsaturated/α-hetero) is 1. The second-order valence-electron chi connectivity index (χ2n) is 3.94. The summed E-state index contributed by atoms with van der Waals surface area (Å²) in [5.74, 6) is 0.458. The lowest BCUT2D eigenvalue weighted by Gasteiger charge is -2.07. The maximum atomic E-state index is 13.1. The number of nitrogens with zero attached hydrogens (tertiary/aromatic N) is 2. The third-order valence-corrected chi connectivity index (χ3v) is 2.49. The molecule has 0 saturated carbocycles. The van der Waals surface area contributed by atoms with Crippen molar-refractivity contribution < 1.29 is 18.4 Å². The fourth-order valence-corrected chi connectivity index (χ4v) is 1.54. The smallest absolute Gasteiger partial charge is 0.226 e. The number of ether oxygens (including phenoxy) is 1. The number of halogens is 1. The summed E-state index contributed by atoms with van der Waals surface area (Å²) >= 11 is 0. The minimum absolute atomic E-state index is 0.0649. The molecule has 0 aliphatic carbocycles. The molecule has 0 spiro atoms. The van der Waals surface area contributed by atoms with Crippen LogP contribution in [0.3, 0.4) is 0 Å². The van der Waals surface area contributed by atoms with Crippen LogP contribution >= 0.6 is 0 Å². The average Bonchev–Trinajstić information content (AvgIpc) is 2.85. The van der Waals surface area contributed by atoms with Crippen molar-refractivity contribution >= 4 is 5.78 Å². The van der Waals surface area contributed by atoms with E-state index in [0.29, 0.717) is 23.9 Å². The van der Waals surface area contributed by atoms with Gasteiger partial charge in [-0.2, -0.15) is 4.98 Å². The highest BCUT2D eigenvalue weighted by Gasteiger charge is 2.11. The number of aromatic nitrogens is 2. The Morgan fingerprint density at radius 2 is 2.26 bits per heavy atom. The molecule has 0 saturated heterocycles. The summed E-state index contributed by atoms with van der Waals surface area (Å²) in [6.45, 7) is 3.31. The quantitative estimate of drug-likeness (QED) is 0.776. The molecule has 5 nitrogen and oxygen atoms in total. The molecule has 19 heavy (non-hydrogen) atoms. The summed E-state index contributed by atoms with van der Waals surface area (Å²) in [5, 5.41) is 3.72. The van der Waals surface area contributed by atoms with Gasteiger partial charge in [0.1, 0.15) is 11.6 Å². The summed E-state index contributed by atoms with van der Waals surface area (Å²) in [6, 6.07) is 3.79. The molecule has 0 aliphatic rings. The Bertz CT molecular complexity index is 595. The van der Waals surface area contributed by atoms with Gasteiger partial charge in [-0.1, -0.05) is 12.1 Å². The third kappa shape index (κ3) is 3.15. The molecule has 1 aromatic carbocycles. The molecule has 0 unspecified atom stereocenters. The number of carbonyl (C=O) groups is 1. The van der Waals surface area contributed by atoms with Gasteiger partial charge in [-0.25, -0.2) is 4.39 Å². The lowest BCUT2D eigenvalue weighted by Crippen LogP contribution is -2.03. The number of rotatable bonds is 5. The predicted octanol–water partition coefficient (Wildman–Crippen LogP) is 2.55. The average molecular weight is 264 g/mol. The first-order valence-corrected chi connectivity index (χ1v) is 5.85. The van der Waals surface area contributed by atoms with Gasteiger partial charge >= 0.3 is 0 Å². The van der Waals surface area contributed by atoms with Crippen LogP contribution in [-0.2, 0) is 13.0 Å². The van der Waals surface area contributed by atoms with E-state index in [4.69, 9.17) is 9.26 Å². The molecule has 0 N–H and O–H groups in total. The van der Waals surface area contributed by atoms with E-state index in [0.717, 1.165) is 6.07 Å². The lowest BCUT2D eigenvalue weighted by molar-refractivity contribution is 0.101. The Morgan fingerprint density at radius 1 is 1.47 bits per heavy atom. The number of benzene rings is 1. The van der Waals surface area contributed by atoms with Gasteiger partial charge in [0, 0.05) is 6.42 Å². The van der Waals surface area contributed by atoms with Crippen molar-refractivity contribution in [2.24, 2.45) is 0 Å². The summed E-state index contributed by atoms with van der Waals surface area (Å²) < 4.78 is 23.4. The van der Waals surface area contributed by atoms with Gasteiger partial charge in [-0.15, -0.1) is 0 Å². The number of hydrogen-bond acceptors (Lipinski definition) is 5. The van der Waals surface area contributed by atoms with Crippen molar-refractivity contribution in [2.45, 2.75) is 26.9 Å². The van der Waals surface area contributed by atoms with Gasteiger partial charge < -0.3 is 9.26 Å². The first-order chi connectivity index (χ1) is 9.10. The fourth-order valence-electron chi connectivity index (χ4n) is 1.54. The topological polar surface area (TPSA) is 65.2 Å². The molecule has 0 fully saturated rings. The molecule has 1 aromatic heterocycles. The van der Waals surface area contributed by atoms with Crippen LogP contribution in [0.5, 0.6) is 5.75 Å². The summed E-state index contributed by atoms with van der Waals surface area (Å²) in [5.41, 5.74) is 0.194. The first-order valence-electron chi connectivity index (χ1n) is 5.85. The van der Waals surface area contributed by atoms with Crippen molar-refractivity contribution in [2.75, 3.05) is 0 Å². The highest BCUT2D eigenvalue weighted by atomic mass is 19.1. The highest BCUT2D eigenvalue weighted by Crippen LogP contribution is 2.21. The van der Waals surface area contributed by atoms with Crippen molar-refractivity contribution in [3.8, 4) is 5.75 Å². The normalized spacial score (nSPS) is 10.5. The summed E-state index contributed by atoms with van der Waals surface area (Å²) in [7, 11) is 0. The number of ketones is 1. The molecule has 0 radical (unpaired) electrons. The summed E-state index contributed by atoms with van der Waals surface area (Å²) in [4.78, 5) is 15.5. The van der Waals surface area contributed by atoms with Crippen molar-refractivity contribution in [1.82, 2.24) is 10.1 Å². The zero-order valence-corrected chi connectivity index (χ0v) is 10.6. The lowest BCUT2D eigenvalue weighted by atomic mass is 10.1. The molecule has 0 bridgehead atoms. The Balaban J connectivity index is 2.12. The van der Waals surface area contributed by atoms with Crippen LogP contribution < -0.4 is 4.74 Å². The van der Waals surface area contributed by atoms with Crippen LogP contribution in [0.15, 0.2) is 22.7 Å². The van der Waals surface area contributed by atoms with Crippen LogP contribution in [0.4, 0.5) is 4.39 Å². The zero-order chi connectivity index (χ0) is 13.8. The van der Waals surface area contributed by atoms with E-state index in [1.165, 1.54) is 19.1 Å². The van der Waals surface area contributed by atoms with E-state index in [-0.39, 0.29) is 18.0 Å². The predicted molar refractivity (Wildman–Crippen MR) is 64.4 cm³/mol. The fraction of sp³-hybridized carbons (Fsp3) is 0.308. The van der Waals surface area contributed by atoms with Gasteiger partial charge in [0.2, 0.25) is 11.7 Å².